The molecule has 1 heteroatoms. The molecule has 0 aliphatic heterocycles. The van der Waals surface area contributed by atoms with Crippen LogP contribution in [-0.4, -0.2) is 0 Å². The second kappa shape index (κ2) is 5.00. The maximum absolute atomic E-state index is 3.23. The van der Waals surface area contributed by atoms with Gasteiger partial charge in [-0.25, -0.2) is 0 Å². The van der Waals surface area contributed by atoms with E-state index in [1.807, 2.05) is 0 Å². The maximum atomic E-state index is 3.23. The van der Waals surface area contributed by atoms with E-state index in [1.54, 1.807) is 11.3 Å². The van der Waals surface area contributed by atoms with Crippen molar-refractivity contribution in [1.82, 2.24) is 0 Å². The molecule has 1 heterocycles. The molecular weight excluding hydrogens is 164 g/mol. The first-order valence-electron chi connectivity index (χ1n) is 4.32. The fourth-order valence-corrected chi connectivity index (χ4v) is 1.77. The van der Waals surface area contributed by atoms with E-state index in [2.05, 4.69) is 42.5 Å². The Hall–Kier alpha value is -0.740. The number of hydrogen-bond acceptors (Lipinski definition) is 1. The van der Waals surface area contributed by atoms with E-state index < -0.39 is 0 Å². The third-order valence-electron chi connectivity index (χ3n) is 1.65. The third-order valence-corrected chi connectivity index (χ3v) is 2.38. The van der Waals surface area contributed by atoms with Gasteiger partial charge in [0.25, 0.3) is 0 Å². The van der Waals surface area contributed by atoms with E-state index in [4.69, 9.17) is 0 Å². The van der Waals surface area contributed by atoms with E-state index >= 15 is 0 Å². The molecule has 0 radical (unpaired) electrons. The van der Waals surface area contributed by atoms with Gasteiger partial charge < -0.3 is 0 Å². The second-order valence-corrected chi connectivity index (χ2v) is 3.69. The topological polar surface area (TPSA) is 0 Å². The van der Waals surface area contributed by atoms with Gasteiger partial charge in [0.15, 0.2) is 0 Å². The SMILES string of the molecule is CCC#CC(C)Cc1ccsc1. The summed E-state index contributed by atoms with van der Waals surface area (Å²) in [6.07, 6.45) is 2.06. The largest absolute Gasteiger partial charge is 0.152 e. The molecule has 1 aromatic heterocycles. The summed E-state index contributed by atoms with van der Waals surface area (Å²) in [4.78, 5) is 0. The molecule has 0 fully saturated rings. The molecular formula is C11H14S. The van der Waals surface area contributed by atoms with Crippen molar-refractivity contribution in [2.45, 2.75) is 26.7 Å². The zero-order valence-electron chi connectivity index (χ0n) is 7.63. The lowest BCUT2D eigenvalue weighted by molar-refractivity contribution is 0.751. The highest BCUT2D eigenvalue weighted by molar-refractivity contribution is 7.07. The maximum Gasteiger partial charge on any atom is 0.0215 e. The Morgan fingerprint density at radius 1 is 1.58 bits per heavy atom. The highest BCUT2D eigenvalue weighted by Gasteiger charge is 1.98. The van der Waals surface area contributed by atoms with Crippen LogP contribution < -0.4 is 0 Å². The number of hydrogen-bond donors (Lipinski definition) is 0. The summed E-state index contributed by atoms with van der Waals surface area (Å²) >= 11 is 1.76. The molecule has 12 heavy (non-hydrogen) atoms. The van der Waals surface area contributed by atoms with Crippen LogP contribution in [0.15, 0.2) is 16.8 Å². The number of thiophene rings is 1. The summed E-state index contributed by atoms with van der Waals surface area (Å²) in [5.41, 5.74) is 1.41. The molecule has 0 aliphatic carbocycles. The quantitative estimate of drug-likeness (QED) is 0.609. The van der Waals surface area contributed by atoms with Crippen molar-refractivity contribution >= 4 is 11.3 Å². The van der Waals surface area contributed by atoms with Crippen molar-refractivity contribution in [1.29, 1.82) is 0 Å². The third kappa shape index (κ3) is 3.11. The molecule has 1 atom stereocenters. The first-order valence-corrected chi connectivity index (χ1v) is 5.26. The lowest BCUT2D eigenvalue weighted by atomic mass is 10.0. The Balaban J connectivity index is 2.42. The Morgan fingerprint density at radius 2 is 2.42 bits per heavy atom. The predicted molar refractivity (Wildman–Crippen MR) is 55.3 cm³/mol. The van der Waals surface area contributed by atoms with Crippen molar-refractivity contribution < 1.29 is 0 Å². The van der Waals surface area contributed by atoms with Gasteiger partial charge in [-0.2, -0.15) is 11.3 Å². The van der Waals surface area contributed by atoms with Gasteiger partial charge in [-0.3, -0.25) is 0 Å². The average Bonchev–Trinajstić information content (AvgIpc) is 2.53. The van der Waals surface area contributed by atoms with Gasteiger partial charge in [-0.15, -0.1) is 5.92 Å². The first kappa shape index (κ1) is 9.35. The molecule has 0 nitrogen and oxygen atoms in total. The van der Waals surface area contributed by atoms with Crippen molar-refractivity contribution in [3.05, 3.63) is 22.4 Å². The van der Waals surface area contributed by atoms with Crippen LogP contribution in [0.2, 0.25) is 0 Å². The molecule has 0 N–H and O–H groups in total. The van der Waals surface area contributed by atoms with Crippen LogP contribution in [0.3, 0.4) is 0 Å². The Morgan fingerprint density at radius 3 is 3.00 bits per heavy atom. The van der Waals surface area contributed by atoms with Crippen molar-refractivity contribution in [3.8, 4) is 11.8 Å². The van der Waals surface area contributed by atoms with Crippen molar-refractivity contribution in [2.75, 3.05) is 0 Å². The minimum absolute atomic E-state index is 0.500. The van der Waals surface area contributed by atoms with Gasteiger partial charge >= 0.3 is 0 Å². The number of rotatable bonds is 2. The van der Waals surface area contributed by atoms with E-state index in [1.165, 1.54) is 5.56 Å². The minimum Gasteiger partial charge on any atom is -0.152 e. The highest BCUT2D eigenvalue weighted by atomic mass is 32.1. The van der Waals surface area contributed by atoms with Crippen LogP contribution >= 0.6 is 11.3 Å². The predicted octanol–water partition coefficient (Wildman–Crippen LogP) is 3.34. The van der Waals surface area contributed by atoms with E-state index in [9.17, 15) is 0 Å². The summed E-state index contributed by atoms with van der Waals surface area (Å²) < 4.78 is 0. The van der Waals surface area contributed by atoms with Gasteiger partial charge in [0.1, 0.15) is 0 Å². The first-order chi connectivity index (χ1) is 5.83. The van der Waals surface area contributed by atoms with Crippen LogP contribution in [0.1, 0.15) is 25.8 Å². The van der Waals surface area contributed by atoms with Gasteiger partial charge in [0.2, 0.25) is 0 Å². The normalized spacial score (nSPS) is 11.8. The molecule has 0 amide bonds. The standard InChI is InChI=1S/C11H14S/c1-3-4-5-10(2)8-11-6-7-12-9-11/h6-7,9-10H,3,8H2,1-2H3. The summed E-state index contributed by atoms with van der Waals surface area (Å²) in [6, 6.07) is 2.18. The van der Waals surface area contributed by atoms with E-state index in [0.29, 0.717) is 5.92 Å². The summed E-state index contributed by atoms with van der Waals surface area (Å²) in [7, 11) is 0. The Labute approximate surface area is 78.6 Å². The highest BCUT2D eigenvalue weighted by Crippen LogP contribution is 2.11. The molecule has 0 aromatic carbocycles. The monoisotopic (exact) mass is 178 g/mol. The zero-order valence-corrected chi connectivity index (χ0v) is 8.45. The average molecular weight is 178 g/mol. The minimum atomic E-state index is 0.500. The zero-order chi connectivity index (χ0) is 8.81. The molecule has 0 aliphatic rings. The molecule has 0 bridgehead atoms. The smallest absolute Gasteiger partial charge is 0.0215 e. The van der Waals surface area contributed by atoms with Crippen LogP contribution in [0.25, 0.3) is 0 Å². The molecule has 1 unspecified atom stereocenters. The van der Waals surface area contributed by atoms with Crippen LogP contribution in [0.4, 0.5) is 0 Å². The van der Waals surface area contributed by atoms with Crippen LogP contribution in [-0.2, 0) is 6.42 Å². The van der Waals surface area contributed by atoms with Crippen molar-refractivity contribution in [2.24, 2.45) is 5.92 Å². The van der Waals surface area contributed by atoms with Crippen LogP contribution in [0, 0.1) is 17.8 Å². The second-order valence-electron chi connectivity index (χ2n) is 2.91. The fraction of sp³-hybridized carbons (Fsp3) is 0.455. The van der Waals surface area contributed by atoms with E-state index in [0.717, 1.165) is 12.8 Å². The molecule has 0 spiro atoms. The summed E-state index contributed by atoms with van der Waals surface area (Å²) in [5.74, 6) is 6.84. The lowest BCUT2D eigenvalue weighted by Gasteiger charge is -1.99. The molecule has 0 saturated carbocycles. The van der Waals surface area contributed by atoms with E-state index in [-0.39, 0.29) is 0 Å². The summed E-state index contributed by atoms with van der Waals surface area (Å²) in [6.45, 7) is 4.27. The lowest BCUT2D eigenvalue weighted by Crippen LogP contribution is -1.94. The van der Waals surface area contributed by atoms with Gasteiger partial charge in [0.05, 0.1) is 0 Å². The van der Waals surface area contributed by atoms with Crippen molar-refractivity contribution in [3.63, 3.8) is 0 Å². The van der Waals surface area contributed by atoms with Gasteiger partial charge in [-0.1, -0.05) is 19.8 Å². The van der Waals surface area contributed by atoms with Gasteiger partial charge in [0, 0.05) is 12.3 Å². The Kier molecular flexibility index (Phi) is 3.90. The molecule has 0 saturated heterocycles. The van der Waals surface area contributed by atoms with Crippen LogP contribution in [0.5, 0.6) is 0 Å². The fourth-order valence-electron chi connectivity index (χ4n) is 1.09. The Bertz CT molecular complexity index is 261. The molecule has 1 rings (SSSR count). The summed E-state index contributed by atoms with van der Waals surface area (Å²) in [5, 5.41) is 4.32. The molecule has 64 valence electrons. The van der Waals surface area contributed by atoms with Gasteiger partial charge in [-0.05, 0) is 28.8 Å². The molecule has 1 aromatic rings.